The van der Waals surface area contributed by atoms with E-state index in [1.165, 1.54) is 27.5 Å². The number of allylic oxidation sites excluding steroid dienone is 2. The van der Waals surface area contributed by atoms with Crippen LogP contribution >= 0.6 is 0 Å². The first kappa shape index (κ1) is 16.1. The van der Waals surface area contributed by atoms with Crippen LogP contribution < -0.4 is 4.74 Å². The van der Waals surface area contributed by atoms with E-state index in [2.05, 4.69) is 79.4 Å². The quantitative estimate of drug-likeness (QED) is 0.523. The van der Waals surface area contributed by atoms with Gasteiger partial charge < -0.3 is 4.74 Å². The van der Waals surface area contributed by atoms with Crippen LogP contribution in [0.1, 0.15) is 23.6 Å². The van der Waals surface area contributed by atoms with E-state index in [4.69, 9.17) is 4.74 Å². The molecule has 120 valence electrons. The molecule has 0 spiro atoms. The fraction of sp³-hybridized carbons (Fsp3) is 0.130. The number of benzene rings is 3. The topological polar surface area (TPSA) is 9.23 Å². The van der Waals surface area contributed by atoms with Gasteiger partial charge in [-0.05, 0) is 34.9 Å². The summed E-state index contributed by atoms with van der Waals surface area (Å²) in [5.74, 6) is 0.937. The van der Waals surface area contributed by atoms with Crippen LogP contribution in [0.15, 0.2) is 78.9 Å². The smallest absolute Gasteiger partial charge is 0.123 e. The van der Waals surface area contributed by atoms with Gasteiger partial charge in [0.1, 0.15) is 5.75 Å². The van der Waals surface area contributed by atoms with Gasteiger partial charge in [-0.2, -0.15) is 0 Å². The highest BCUT2D eigenvalue weighted by Gasteiger charge is 2.10. The summed E-state index contributed by atoms with van der Waals surface area (Å²) in [7, 11) is 1.74. The minimum Gasteiger partial charge on any atom is -0.496 e. The van der Waals surface area contributed by atoms with Crippen LogP contribution in [0.3, 0.4) is 0 Å². The summed E-state index contributed by atoms with van der Waals surface area (Å²) in [6.45, 7) is 5.95. The molecule has 0 heterocycles. The minimum absolute atomic E-state index is 0.835. The Morgan fingerprint density at radius 2 is 1.75 bits per heavy atom. The maximum Gasteiger partial charge on any atom is 0.123 e. The Bertz CT molecular complexity index is 903. The van der Waals surface area contributed by atoms with E-state index in [0.717, 1.165) is 17.7 Å². The molecule has 0 saturated carbocycles. The molecule has 1 heteroatoms. The van der Waals surface area contributed by atoms with E-state index in [1.807, 2.05) is 6.92 Å². The average Bonchev–Trinajstić information content (AvgIpc) is 2.61. The van der Waals surface area contributed by atoms with Crippen molar-refractivity contribution in [2.24, 2.45) is 0 Å². The van der Waals surface area contributed by atoms with Gasteiger partial charge in [-0.25, -0.2) is 0 Å². The van der Waals surface area contributed by atoms with Crippen LogP contribution in [0.5, 0.6) is 5.75 Å². The highest BCUT2D eigenvalue weighted by atomic mass is 16.5. The van der Waals surface area contributed by atoms with E-state index in [1.54, 1.807) is 7.11 Å². The molecule has 1 nitrogen and oxygen atoms in total. The lowest BCUT2D eigenvalue weighted by atomic mass is 9.94. The van der Waals surface area contributed by atoms with Crippen molar-refractivity contribution >= 4 is 16.8 Å². The molecule has 0 unspecified atom stereocenters. The third kappa shape index (κ3) is 3.41. The average molecular weight is 314 g/mol. The van der Waals surface area contributed by atoms with Gasteiger partial charge >= 0.3 is 0 Å². The predicted molar refractivity (Wildman–Crippen MR) is 104 cm³/mol. The van der Waals surface area contributed by atoms with E-state index < -0.39 is 0 Å². The lowest BCUT2D eigenvalue weighted by Gasteiger charge is -2.14. The second-order valence-corrected chi connectivity index (χ2v) is 6.02. The molecule has 0 atom stereocenters. The van der Waals surface area contributed by atoms with Crippen molar-refractivity contribution in [1.29, 1.82) is 0 Å². The Labute approximate surface area is 143 Å². The molecule has 0 aliphatic heterocycles. The summed E-state index contributed by atoms with van der Waals surface area (Å²) in [4.78, 5) is 0. The summed E-state index contributed by atoms with van der Waals surface area (Å²) >= 11 is 0. The van der Waals surface area contributed by atoms with Crippen LogP contribution in [0.25, 0.3) is 16.8 Å². The molecule has 0 aliphatic carbocycles. The molecular formula is C23H22O. The van der Waals surface area contributed by atoms with Gasteiger partial charge in [0.2, 0.25) is 0 Å². The zero-order chi connectivity index (χ0) is 16.9. The first-order chi connectivity index (χ1) is 11.7. The van der Waals surface area contributed by atoms with Gasteiger partial charge in [0.25, 0.3) is 0 Å². The zero-order valence-electron chi connectivity index (χ0n) is 14.3. The molecule has 0 aromatic heterocycles. The van der Waals surface area contributed by atoms with Crippen LogP contribution in [-0.2, 0) is 6.42 Å². The lowest BCUT2D eigenvalue weighted by molar-refractivity contribution is 0.411. The lowest BCUT2D eigenvalue weighted by Crippen LogP contribution is -1.97. The SMILES string of the molecule is C=C(C)/C=C\c1ccccc1Cc1c(OC)ccc2ccccc12. The van der Waals surface area contributed by atoms with Crippen LogP contribution in [0.2, 0.25) is 0 Å². The van der Waals surface area contributed by atoms with Crippen molar-refractivity contribution < 1.29 is 4.74 Å². The Kier molecular flexibility index (Phi) is 4.81. The van der Waals surface area contributed by atoms with Gasteiger partial charge in [0.15, 0.2) is 0 Å². The number of ether oxygens (including phenoxy) is 1. The maximum atomic E-state index is 5.63. The summed E-state index contributed by atoms with van der Waals surface area (Å²) in [5, 5.41) is 2.48. The molecule has 0 amide bonds. The van der Waals surface area contributed by atoms with E-state index >= 15 is 0 Å². The molecule has 3 aromatic rings. The Morgan fingerprint density at radius 3 is 2.54 bits per heavy atom. The second kappa shape index (κ2) is 7.18. The summed E-state index contributed by atoms with van der Waals surface area (Å²) < 4.78 is 5.63. The van der Waals surface area contributed by atoms with Gasteiger partial charge in [0.05, 0.1) is 7.11 Å². The Morgan fingerprint density at radius 1 is 1.00 bits per heavy atom. The Hall–Kier alpha value is -2.80. The van der Waals surface area contributed by atoms with Crippen molar-refractivity contribution in [1.82, 2.24) is 0 Å². The third-order valence-electron chi connectivity index (χ3n) is 4.19. The minimum atomic E-state index is 0.835. The first-order valence-electron chi connectivity index (χ1n) is 8.15. The Balaban J connectivity index is 2.09. The molecule has 0 N–H and O–H groups in total. The van der Waals surface area contributed by atoms with Crippen molar-refractivity contribution in [3.63, 3.8) is 0 Å². The highest BCUT2D eigenvalue weighted by Crippen LogP contribution is 2.31. The second-order valence-electron chi connectivity index (χ2n) is 6.02. The van der Waals surface area contributed by atoms with Crippen molar-refractivity contribution in [2.45, 2.75) is 13.3 Å². The fourth-order valence-corrected chi connectivity index (χ4v) is 2.97. The molecule has 0 radical (unpaired) electrons. The summed E-state index contributed by atoms with van der Waals surface area (Å²) in [6, 6.07) is 21.1. The molecule has 0 bridgehead atoms. The van der Waals surface area contributed by atoms with Crippen LogP contribution in [0, 0.1) is 0 Å². The van der Waals surface area contributed by atoms with Gasteiger partial charge in [-0.3, -0.25) is 0 Å². The normalized spacial score (nSPS) is 11.1. The summed E-state index contributed by atoms with van der Waals surface area (Å²) in [5.41, 5.74) is 4.78. The van der Waals surface area contributed by atoms with Crippen LogP contribution in [0.4, 0.5) is 0 Å². The largest absolute Gasteiger partial charge is 0.496 e. The number of methoxy groups -OCH3 is 1. The number of hydrogen-bond donors (Lipinski definition) is 0. The fourth-order valence-electron chi connectivity index (χ4n) is 2.97. The third-order valence-corrected chi connectivity index (χ3v) is 4.19. The molecule has 0 saturated heterocycles. The number of hydrogen-bond acceptors (Lipinski definition) is 1. The predicted octanol–water partition coefficient (Wildman–Crippen LogP) is 6.03. The van der Waals surface area contributed by atoms with E-state index in [0.29, 0.717) is 0 Å². The highest BCUT2D eigenvalue weighted by molar-refractivity contribution is 5.88. The molecule has 0 aliphatic rings. The molecule has 3 rings (SSSR count). The zero-order valence-corrected chi connectivity index (χ0v) is 14.3. The molecule has 0 fully saturated rings. The van der Waals surface area contributed by atoms with E-state index in [9.17, 15) is 0 Å². The molecule has 24 heavy (non-hydrogen) atoms. The standard InChI is InChI=1S/C23H22O/c1-17(2)12-13-18-8-4-5-10-20(18)16-22-21-11-7-6-9-19(21)14-15-23(22)24-3/h4-15H,1,16H2,2-3H3/b13-12-. The van der Waals surface area contributed by atoms with Gasteiger partial charge in [-0.15, -0.1) is 0 Å². The number of fused-ring (bicyclic) bond motifs is 1. The molecule has 3 aromatic carbocycles. The molecular weight excluding hydrogens is 292 g/mol. The maximum absolute atomic E-state index is 5.63. The summed E-state index contributed by atoms with van der Waals surface area (Å²) in [6.07, 6.45) is 5.02. The van der Waals surface area contributed by atoms with E-state index in [-0.39, 0.29) is 0 Å². The first-order valence-corrected chi connectivity index (χ1v) is 8.15. The van der Waals surface area contributed by atoms with Gasteiger partial charge in [0, 0.05) is 12.0 Å². The number of rotatable bonds is 5. The van der Waals surface area contributed by atoms with Crippen molar-refractivity contribution in [3.8, 4) is 5.75 Å². The van der Waals surface area contributed by atoms with Crippen molar-refractivity contribution in [3.05, 3.63) is 95.6 Å². The van der Waals surface area contributed by atoms with Crippen LogP contribution in [-0.4, -0.2) is 7.11 Å². The van der Waals surface area contributed by atoms with Gasteiger partial charge in [-0.1, -0.05) is 78.9 Å². The monoisotopic (exact) mass is 314 g/mol. The van der Waals surface area contributed by atoms with Crippen molar-refractivity contribution in [2.75, 3.05) is 7.11 Å².